The molecular weight excluding hydrogens is 262 g/mol. The number of aromatic carboxylic acids is 1. The predicted octanol–water partition coefficient (Wildman–Crippen LogP) is 1.51. The van der Waals surface area contributed by atoms with Gasteiger partial charge in [-0.3, -0.25) is 0 Å². The van der Waals surface area contributed by atoms with Crippen molar-refractivity contribution in [3.8, 4) is 0 Å². The average molecular weight is 277 g/mol. The molecule has 0 aromatic carbocycles. The molecule has 5 nitrogen and oxygen atoms in total. The van der Waals surface area contributed by atoms with Gasteiger partial charge in [-0.25, -0.2) is 9.78 Å². The van der Waals surface area contributed by atoms with E-state index in [0.717, 1.165) is 17.9 Å². The first-order valence-corrected chi connectivity index (χ1v) is 7.12. The van der Waals surface area contributed by atoms with E-state index in [9.17, 15) is 9.90 Å². The molecule has 3 rings (SSSR count). The van der Waals surface area contributed by atoms with Gasteiger partial charge in [0.2, 0.25) is 0 Å². The maximum Gasteiger partial charge on any atom is 0.356 e. The molecule has 1 aliphatic rings. The standard InChI is InChI=1S/C13H15N3O2S/c14-8-3-4-10-12(13(17)18)15-11(16(10)7-8)6-9-2-1-5-19-9/h1-2,5,8H,3-4,6-7,14H2,(H,17,18). The Kier molecular flexibility index (Phi) is 3.12. The lowest BCUT2D eigenvalue weighted by Gasteiger charge is -2.22. The number of nitrogens with zero attached hydrogens (tertiary/aromatic N) is 2. The van der Waals surface area contributed by atoms with Crippen molar-refractivity contribution in [3.63, 3.8) is 0 Å². The first kappa shape index (κ1) is 12.4. The van der Waals surface area contributed by atoms with Crippen LogP contribution < -0.4 is 5.73 Å². The SMILES string of the molecule is NC1CCc2c(C(=O)O)nc(Cc3cccs3)n2C1. The van der Waals surface area contributed by atoms with Crippen molar-refractivity contribution in [2.24, 2.45) is 5.73 Å². The van der Waals surface area contributed by atoms with E-state index in [1.165, 1.54) is 4.88 Å². The molecule has 100 valence electrons. The number of hydrogen-bond acceptors (Lipinski definition) is 4. The normalized spacial score (nSPS) is 18.3. The van der Waals surface area contributed by atoms with Crippen molar-refractivity contribution in [1.82, 2.24) is 9.55 Å². The van der Waals surface area contributed by atoms with Crippen molar-refractivity contribution < 1.29 is 9.90 Å². The lowest BCUT2D eigenvalue weighted by atomic mass is 10.0. The fourth-order valence-corrected chi connectivity index (χ4v) is 3.23. The second-order valence-electron chi connectivity index (χ2n) is 4.79. The van der Waals surface area contributed by atoms with Crippen LogP contribution in [0.4, 0.5) is 0 Å². The quantitative estimate of drug-likeness (QED) is 0.891. The summed E-state index contributed by atoms with van der Waals surface area (Å²) in [5.41, 5.74) is 7.00. The van der Waals surface area contributed by atoms with Gasteiger partial charge in [-0.1, -0.05) is 6.07 Å². The molecule has 0 saturated carbocycles. The van der Waals surface area contributed by atoms with E-state index < -0.39 is 5.97 Å². The summed E-state index contributed by atoms with van der Waals surface area (Å²) >= 11 is 1.65. The summed E-state index contributed by atoms with van der Waals surface area (Å²) in [7, 11) is 0. The van der Waals surface area contributed by atoms with E-state index in [2.05, 4.69) is 4.98 Å². The summed E-state index contributed by atoms with van der Waals surface area (Å²) in [5.74, 6) is -0.137. The van der Waals surface area contributed by atoms with E-state index in [4.69, 9.17) is 5.73 Å². The molecule has 1 aliphatic heterocycles. The van der Waals surface area contributed by atoms with Crippen LogP contribution in [-0.4, -0.2) is 26.7 Å². The molecule has 1 atom stereocenters. The predicted molar refractivity (Wildman–Crippen MR) is 72.6 cm³/mol. The summed E-state index contributed by atoms with van der Waals surface area (Å²) in [4.78, 5) is 16.8. The Morgan fingerprint density at radius 2 is 2.47 bits per heavy atom. The minimum atomic E-state index is -0.948. The first-order chi connectivity index (χ1) is 9.15. The van der Waals surface area contributed by atoms with Crippen molar-refractivity contribution in [2.45, 2.75) is 31.8 Å². The average Bonchev–Trinajstić information content (AvgIpc) is 2.98. The number of carbonyl (C=O) groups is 1. The summed E-state index contributed by atoms with van der Waals surface area (Å²) in [6.45, 7) is 0.663. The molecule has 3 N–H and O–H groups in total. The lowest BCUT2D eigenvalue weighted by molar-refractivity contribution is 0.0689. The maximum atomic E-state index is 11.3. The zero-order chi connectivity index (χ0) is 13.4. The van der Waals surface area contributed by atoms with Gasteiger partial charge in [0.1, 0.15) is 5.82 Å². The van der Waals surface area contributed by atoms with E-state index in [1.54, 1.807) is 11.3 Å². The van der Waals surface area contributed by atoms with E-state index in [-0.39, 0.29) is 11.7 Å². The Labute approximate surface area is 114 Å². The third-order valence-electron chi connectivity index (χ3n) is 3.44. The second kappa shape index (κ2) is 4.79. The number of nitrogens with two attached hydrogens (primary N) is 1. The van der Waals surface area contributed by atoms with E-state index >= 15 is 0 Å². The fraction of sp³-hybridized carbons (Fsp3) is 0.385. The Balaban J connectivity index is 2.01. The minimum Gasteiger partial charge on any atom is -0.476 e. The van der Waals surface area contributed by atoms with Gasteiger partial charge in [0.15, 0.2) is 5.69 Å². The van der Waals surface area contributed by atoms with Crippen molar-refractivity contribution in [1.29, 1.82) is 0 Å². The Morgan fingerprint density at radius 3 is 3.16 bits per heavy atom. The topological polar surface area (TPSA) is 81.1 Å². The molecule has 0 bridgehead atoms. The van der Waals surface area contributed by atoms with Crippen LogP contribution in [0.3, 0.4) is 0 Å². The van der Waals surface area contributed by atoms with Crippen LogP contribution in [0.2, 0.25) is 0 Å². The minimum absolute atomic E-state index is 0.0884. The third kappa shape index (κ3) is 2.29. The largest absolute Gasteiger partial charge is 0.476 e. The highest BCUT2D eigenvalue weighted by Gasteiger charge is 2.26. The molecule has 0 radical (unpaired) electrons. The van der Waals surface area contributed by atoms with Crippen LogP contribution in [0.1, 0.15) is 33.3 Å². The van der Waals surface area contributed by atoms with Crippen LogP contribution in [0, 0.1) is 0 Å². The van der Waals surface area contributed by atoms with Crippen LogP contribution in [-0.2, 0) is 19.4 Å². The maximum absolute atomic E-state index is 11.3. The number of aromatic nitrogens is 2. The lowest BCUT2D eigenvalue weighted by Crippen LogP contribution is -2.33. The number of carboxylic acid groups (broad SMARTS) is 1. The monoisotopic (exact) mass is 277 g/mol. The van der Waals surface area contributed by atoms with E-state index in [0.29, 0.717) is 19.4 Å². The van der Waals surface area contributed by atoms with Gasteiger partial charge in [-0.05, 0) is 24.3 Å². The summed E-state index contributed by atoms with van der Waals surface area (Å²) in [5, 5.41) is 11.3. The number of thiophene rings is 1. The molecule has 0 spiro atoms. The van der Waals surface area contributed by atoms with Crippen molar-refractivity contribution in [3.05, 3.63) is 39.6 Å². The zero-order valence-electron chi connectivity index (χ0n) is 10.4. The molecule has 0 fully saturated rings. The number of hydrogen-bond donors (Lipinski definition) is 2. The Morgan fingerprint density at radius 1 is 1.63 bits per heavy atom. The van der Waals surface area contributed by atoms with Gasteiger partial charge in [0.25, 0.3) is 0 Å². The summed E-state index contributed by atoms with van der Waals surface area (Å²) in [6, 6.07) is 4.12. The molecule has 0 saturated heterocycles. The van der Waals surface area contributed by atoms with Gasteiger partial charge < -0.3 is 15.4 Å². The molecule has 2 aromatic heterocycles. The first-order valence-electron chi connectivity index (χ1n) is 6.24. The van der Waals surface area contributed by atoms with Crippen LogP contribution in [0.15, 0.2) is 17.5 Å². The highest BCUT2D eigenvalue weighted by molar-refractivity contribution is 7.09. The van der Waals surface area contributed by atoms with Gasteiger partial charge in [-0.15, -0.1) is 11.3 Å². The highest BCUT2D eigenvalue weighted by atomic mass is 32.1. The third-order valence-corrected chi connectivity index (χ3v) is 4.31. The van der Waals surface area contributed by atoms with Crippen molar-refractivity contribution in [2.75, 3.05) is 0 Å². The Hall–Kier alpha value is -1.66. The zero-order valence-corrected chi connectivity index (χ0v) is 11.2. The molecule has 0 aliphatic carbocycles. The van der Waals surface area contributed by atoms with Gasteiger partial charge in [0, 0.05) is 23.9 Å². The second-order valence-corrected chi connectivity index (χ2v) is 5.83. The molecule has 3 heterocycles. The van der Waals surface area contributed by atoms with Crippen LogP contribution in [0.25, 0.3) is 0 Å². The molecule has 0 amide bonds. The van der Waals surface area contributed by atoms with Crippen LogP contribution >= 0.6 is 11.3 Å². The van der Waals surface area contributed by atoms with E-state index in [1.807, 2.05) is 22.1 Å². The number of carboxylic acids is 1. The highest BCUT2D eigenvalue weighted by Crippen LogP contribution is 2.23. The molecule has 2 aromatic rings. The molecule has 1 unspecified atom stereocenters. The smallest absolute Gasteiger partial charge is 0.356 e. The number of fused-ring (bicyclic) bond motifs is 1. The number of rotatable bonds is 3. The van der Waals surface area contributed by atoms with Crippen LogP contribution in [0.5, 0.6) is 0 Å². The van der Waals surface area contributed by atoms with Gasteiger partial charge >= 0.3 is 5.97 Å². The molecule has 19 heavy (non-hydrogen) atoms. The molecule has 6 heteroatoms. The van der Waals surface area contributed by atoms with Gasteiger partial charge in [-0.2, -0.15) is 0 Å². The summed E-state index contributed by atoms with van der Waals surface area (Å²) in [6.07, 6.45) is 2.19. The Bertz CT molecular complexity index is 604. The number of imidazole rings is 1. The summed E-state index contributed by atoms with van der Waals surface area (Å²) < 4.78 is 2.00. The fourth-order valence-electron chi connectivity index (χ4n) is 2.53. The van der Waals surface area contributed by atoms with Crippen molar-refractivity contribution >= 4 is 17.3 Å². The molecular formula is C13H15N3O2S. The van der Waals surface area contributed by atoms with Gasteiger partial charge in [0.05, 0.1) is 5.69 Å².